The van der Waals surface area contributed by atoms with E-state index in [0.29, 0.717) is 60.8 Å². The number of carbonyl (C=O) groups excluding carboxylic acids is 2. The molecule has 8 heteroatoms. The van der Waals surface area contributed by atoms with Gasteiger partial charge in [-0.25, -0.2) is 4.99 Å². The predicted molar refractivity (Wildman–Crippen MR) is 131 cm³/mol. The zero-order chi connectivity index (χ0) is 23.2. The highest BCUT2D eigenvalue weighted by molar-refractivity contribution is 8.18. The molecule has 0 aliphatic carbocycles. The number of hydrogen-bond donors (Lipinski definition) is 0. The Balaban J connectivity index is 1.57. The molecular weight excluding hydrogens is 438 g/mol. The van der Waals surface area contributed by atoms with Gasteiger partial charge in [0.2, 0.25) is 0 Å². The SMILES string of the molecule is CCOc1cccc(/C=C2/SC(=Nc3cccc(C(=O)N4CCOCC4)c3)N(CC)C2=O)c1. The average molecular weight is 466 g/mol. The van der Waals surface area contributed by atoms with E-state index in [1.165, 1.54) is 11.8 Å². The third-order valence-corrected chi connectivity index (χ3v) is 6.29. The first kappa shape index (κ1) is 23.1. The molecule has 0 radical (unpaired) electrons. The molecule has 2 fully saturated rings. The molecule has 2 heterocycles. The van der Waals surface area contributed by atoms with Crippen molar-refractivity contribution in [2.45, 2.75) is 13.8 Å². The topological polar surface area (TPSA) is 71.4 Å². The van der Waals surface area contributed by atoms with E-state index in [1.807, 2.05) is 56.3 Å². The van der Waals surface area contributed by atoms with Gasteiger partial charge in [-0.15, -0.1) is 0 Å². The molecule has 2 aliphatic heterocycles. The number of amidine groups is 1. The van der Waals surface area contributed by atoms with Crippen molar-refractivity contribution in [3.63, 3.8) is 0 Å². The van der Waals surface area contributed by atoms with Gasteiger partial charge in [-0.2, -0.15) is 0 Å². The van der Waals surface area contributed by atoms with Crippen LogP contribution in [0.25, 0.3) is 6.08 Å². The zero-order valence-electron chi connectivity index (χ0n) is 18.8. The van der Waals surface area contributed by atoms with E-state index in [9.17, 15) is 9.59 Å². The highest BCUT2D eigenvalue weighted by Gasteiger charge is 2.32. The molecule has 0 bridgehead atoms. The summed E-state index contributed by atoms with van der Waals surface area (Å²) >= 11 is 1.34. The molecule has 2 aromatic carbocycles. The fraction of sp³-hybridized carbons (Fsp3) is 0.320. The maximum Gasteiger partial charge on any atom is 0.266 e. The number of aliphatic imine (C=N–C) groups is 1. The lowest BCUT2D eigenvalue weighted by Gasteiger charge is -2.26. The number of rotatable bonds is 6. The zero-order valence-corrected chi connectivity index (χ0v) is 19.6. The Morgan fingerprint density at radius 3 is 2.70 bits per heavy atom. The predicted octanol–water partition coefficient (Wildman–Crippen LogP) is 4.18. The third-order valence-electron chi connectivity index (χ3n) is 5.29. The molecule has 0 N–H and O–H groups in total. The van der Waals surface area contributed by atoms with E-state index in [2.05, 4.69) is 0 Å². The molecule has 0 spiro atoms. The molecule has 4 rings (SSSR count). The minimum absolute atomic E-state index is 0.0300. The van der Waals surface area contributed by atoms with Gasteiger partial charge in [0.1, 0.15) is 5.75 Å². The summed E-state index contributed by atoms with van der Waals surface area (Å²) in [6.45, 7) is 7.24. The van der Waals surface area contributed by atoms with Crippen molar-refractivity contribution < 1.29 is 19.1 Å². The summed E-state index contributed by atoms with van der Waals surface area (Å²) in [4.78, 5) is 34.6. The quantitative estimate of drug-likeness (QED) is 0.599. The Bertz CT molecular complexity index is 1090. The molecule has 172 valence electrons. The number of amides is 2. The van der Waals surface area contributed by atoms with Crippen LogP contribution in [0, 0.1) is 0 Å². The molecule has 0 unspecified atom stereocenters. The normalized spacial score (nSPS) is 18.9. The van der Waals surface area contributed by atoms with Crippen LogP contribution in [0.5, 0.6) is 5.75 Å². The number of likely N-dealkylation sites (N-methyl/N-ethyl adjacent to an activating group) is 1. The summed E-state index contributed by atoms with van der Waals surface area (Å²) in [5.41, 5.74) is 2.12. The van der Waals surface area contributed by atoms with Crippen LogP contribution >= 0.6 is 11.8 Å². The summed E-state index contributed by atoms with van der Waals surface area (Å²) in [7, 11) is 0. The van der Waals surface area contributed by atoms with Crippen molar-refractivity contribution in [2.75, 3.05) is 39.5 Å². The lowest BCUT2D eigenvalue weighted by Crippen LogP contribution is -2.40. The second-order valence-electron chi connectivity index (χ2n) is 7.51. The molecule has 0 saturated carbocycles. The van der Waals surface area contributed by atoms with Crippen molar-refractivity contribution >= 4 is 40.5 Å². The summed E-state index contributed by atoms with van der Waals surface area (Å²) in [5.74, 6) is 0.659. The van der Waals surface area contributed by atoms with Crippen LogP contribution in [-0.2, 0) is 9.53 Å². The monoisotopic (exact) mass is 465 g/mol. The Hall–Kier alpha value is -3.10. The largest absolute Gasteiger partial charge is 0.494 e. The van der Waals surface area contributed by atoms with Gasteiger partial charge in [-0.3, -0.25) is 14.5 Å². The molecule has 2 aliphatic rings. The number of ether oxygens (including phenoxy) is 2. The highest BCUT2D eigenvalue weighted by Crippen LogP contribution is 2.34. The smallest absolute Gasteiger partial charge is 0.266 e. The number of carbonyl (C=O) groups is 2. The fourth-order valence-electron chi connectivity index (χ4n) is 3.65. The van der Waals surface area contributed by atoms with Gasteiger partial charge in [0.05, 0.1) is 30.4 Å². The van der Waals surface area contributed by atoms with E-state index >= 15 is 0 Å². The second-order valence-corrected chi connectivity index (χ2v) is 8.52. The highest BCUT2D eigenvalue weighted by atomic mass is 32.2. The van der Waals surface area contributed by atoms with Crippen LogP contribution in [0.2, 0.25) is 0 Å². The first-order valence-electron chi connectivity index (χ1n) is 11.1. The molecular formula is C25H27N3O4S. The Morgan fingerprint density at radius 2 is 1.94 bits per heavy atom. The third kappa shape index (κ3) is 5.46. The maximum absolute atomic E-state index is 13.0. The van der Waals surface area contributed by atoms with Gasteiger partial charge in [0.25, 0.3) is 11.8 Å². The van der Waals surface area contributed by atoms with Gasteiger partial charge in [0, 0.05) is 25.2 Å². The number of nitrogens with zero attached hydrogens (tertiary/aromatic N) is 3. The standard InChI is InChI=1S/C25H27N3O4S/c1-3-28-24(30)22(16-18-7-5-10-21(15-18)32-4-2)33-25(28)26-20-9-6-8-19(17-20)23(29)27-11-13-31-14-12-27/h5-10,15-17H,3-4,11-14H2,1-2H3/b22-16+,26-25?. The molecule has 2 saturated heterocycles. The van der Waals surface area contributed by atoms with Gasteiger partial charge in [-0.1, -0.05) is 18.2 Å². The van der Waals surface area contributed by atoms with E-state index in [-0.39, 0.29) is 11.8 Å². The van der Waals surface area contributed by atoms with Crippen molar-refractivity contribution in [3.05, 3.63) is 64.6 Å². The van der Waals surface area contributed by atoms with Gasteiger partial charge in [0.15, 0.2) is 5.17 Å². The van der Waals surface area contributed by atoms with Gasteiger partial charge >= 0.3 is 0 Å². The Kier molecular flexibility index (Phi) is 7.47. The van der Waals surface area contributed by atoms with Crippen LogP contribution < -0.4 is 4.74 Å². The molecule has 33 heavy (non-hydrogen) atoms. The maximum atomic E-state index is 13.0. The fourth-order valence-corrected chi connectivity index (χ4v) is 4.71. The lowest BCUT2D eigenvalue weighted by molar-refractivity contribution is -0.122. The van der Waals surface area contributed by atoms with E-state index in [1.54, 1.807) is 21.9 Å². The van der Waals surface area contributed by atoms with Crippen LogP contribution in [0.1, 0.15) is 29.8 Å². The molecule has 2 amide bonds. The first-order valence-corrected chi connectivity index (χ1v) is 11.9. The van der Waals surface area contributed by atoms with Crippen molar-refractivity contribution in [1.29, 1.82) is 0 Å². The summed E-state index contributed by atoms with van der Waals surface area (Å²) in [6, 6.07) is 14.9. The number of hydrogen-bond acceptors (Lipinski definition) is 6. The number of thioether (sulfide) groups is 1. The summed E-state index contributed by atoms with van der Waals surface area (Å²) in [5, 5.41) is 0.602. The minimum atomic E-state index is -0.0800. The van der Waals surface area contributed by atoms with E-state index in [0.717, 1.165) is 11.3 Å². The lowest BCUT2D eigenvalue weighted by atomic mass is 10.1. The molecule has 0 atom stereocenters. The Morgan fingerprint density at radius 1 is 1.15 bits per heavy atom. The summed E-state index contributed by atoms with van der Waals surface area (Å²) < 4.78 is 10.9. The molecule has 0 aromatic heterocycles. The van der Waals surface area contributed by atoms with Gasteiger partial charge in [-0.05, 0) is 67.6 Å². The van der Waals surface area contributed by atoms with Crippen LogP contribution in [0.4, 0.5) is 5.69 Å². The van der Waals surface area contributed by atoms with E-state index in [4.69, 9.17) is 14.5 Å². The van der Waals surface area contributed by atoms with Crippen LogP contribution in [-0.4, -0.2) is 66.2 Å². The molecule has 7 nitrogen and oxygen atoms in total. The van der Waals surface area contributed by atoms with Crippen molar-refractivity contribution in [1.82, 2.24) is 9.80 Å². The van der Waals surface area contributed by atoms with Crippen molar-refractivity contribution in [2.24, 2.45) is 4.99 Å². The number of benzene rings is 2. The minimum Gasteiger partial charge on any atom is -0.494 e. The summed E-state index contributed by atoms with van der Waals surface area (Å²) in [6.07, 6.45) is 1.86. The van der Waals surface area contributed by atoms with E-state index < -0.39 is 0 Å². The first-order chi connectivity index (χ1) is 16.1. The van der Waals surface area contributed by atoms with Gasteiger partial charge < -0.3 is 14.4 Å². The van der Waals surface area contributed by atoms with Crippen LogP contribution in [0.3, 0.4) is 0 Å². The van der Waals surface area contributed by atoms with Crippen molar-refractivity contribution in [3.8, 4) is 5.75 Å². The molecule has 2 aromatic rings. The average Bonchev–Trinajstić information content (AvgIpc) is 3.13. The Labute approximate surface area is 198 Å². The second kappa shape index (κ2) is 10.7. The number of morpholine rings is 1. The van der Waals surface area contributed by atoms with Crippen LogP contribution in [0.15, 0.2) is 58.4 Å².